The molecule has 1 unspecified atom stereocenters. The summed E-state index contributed by atoms with van der Waals surface area (Å²) in [5, 5.41) is 8.78. The molecule has 0 aromatic carbocycles. The van der Waals surface area contributed by atoms with Gasteiger partial charge in [0.25, 0.3) is 5.91 Å². The largest absolute Gasteiger partial charge is 0.408 e. The lowest BCUT2D eigenvalue weighted by molar-refractivity contribution is -0.158. The number of aryl methyl sites for hydroxylation is 1. The Kier molecular flexibility index (Phi) is 3.97. The zero-order valence-electron chi connectivity index (χ0n) is 14.4. The van der Waals surface area contributed by atoms with E-state index < -0.39 is 24.0 Å². The molecule has 8 nitrogen and oxygen atoms in total. The molecule has 1 saturated heterocycles. The van der Waals surface area contributed by atoms with E-state index in [0.717, 1.165) is 0 Å². The molecule has 2 N–H and O–H groups in total. The number of aromatic nitrogens is 3. The third-order valence-electron chi connectivity index (χ3n) is 4.75. The average molecular weight is 382 g/mol. The summed E-state index contributed by atoms with van der Waals surface area (Å²) in [7, 11) is 0. The first-order chi connectivity index (χ1) is 12.8. The third kappa shape index (κ3) is 3.17. The van der Waals surface area contributed by atoms with Crippen molar-refractivity contribution in [1.29, 1.82) is 0 Å². The third-order valence-corrected chi connectivity index (χ3v) is 4.75. The van der Waals surface area contributed by atoms with Gasteiger partial charge in [0.05, 0.1) is 6.20 Å². The lowest BCUT2D eigenvalue weighted by Crippen LogP contribution is -2.46. The number of carbonyl (C=O) groups excluding carboxylic acids is 2. The zero-order valence-corrected chi connectivity index (χ0v) is 14.4. The summed E-state index contributed by atoms with van der Waals surface area (Å²) in [5.41, 5.74) is 0.650. The van der Waals surface area contributed by atoms with Crippen molar-refractivity contribution < 1.29 is 22.8 Å². The minimum atomic E-state index is -4.51. The van der Waals surface area contributed by atoms with Gasteiger partial charge in [-0.3, -0.25) is 9.69 Å². The molecule has 1 aliphatic heterocycles. The molecule has 2 aliphatic rings. The maximum atomic E-state index is 13.2. The van der Waals surface area contributed by atoms with Crippen LogP contribution in [-0.4, -0.2) is 51.8 Å². The summed E-state index contributed by atoms with van der Waals surface area (Å²) >= 11 is 0. The summed E-state index contributed by atoms with van der Waals surface area (Å²) in [5.74, 6) is -1.15. The molecular formula is C16H17F3N6O2. The van der Waals surface area contributed by atoms with E-state index in [4.69, 9.17) is 0 Å². The van der Waals surface area contributed by atoms with Crippen molar-refractivity contribution in [3.63, 3.8) is 0 Å². The van der Waals surface area contributed by atoms with Crippen LogP contribution in [0.1, 0.15) is 28.9 Å². The average Bonchev–Trinajstić information content (AvgIpc) is 3.17. The van der Waals surface area contributed by atoms with Crippen LogP contribution >= 0.6 is 0 Å². The number of carbonyl (C=O) groups is 2. The highest BCUT2D eigenvalue weighted by Gasteiger charge is 2.49. The molecular weight excluding hydrogens is 365 g/mol. The maximum Gasteiger partial charge on any atom is 0.408 e. The number of anilines is 1. The van der Waals surface area contributed by atoms with Crippen LogP contribution in [0.5, 0.6) is 0 Å². The Morgan fingerprint density at radius 3 is 2.74 bits per heavy atom. The maximum absolute atomic E-state index is 13.2. The van der Waals surface area contributed by atoms with E-state index in [2.05, 4.69) is 20.7 Å². The Morgan fingerprint density at radius 2 is 2.15 bits per heavy atom. The Labute approximate surface area is 151 Å². The molecule has 1 aliphatic carbocycles. The van der Waals surface area contributed by atoms with Crippen LogP contribution in [0.25, 0.3) is 5.65 Å². The van der Waals surface area contributed by atoms with Gasteiger partial charge in [0.1, 0.15) is 17.4 Å². The predicted octanol–water partition coefficient (Wildman–Crippen LogP) is 1.64. The minimum Gasteiger partial charge on any atom is -0.340 e. The number of amides is 3. The van der Waals surface area contributed by atoms with Crippen LogP contribution in [0, 0.1) is 12.8 Å². The molecule has 2 aromatic heterocycles. The summed E-state index contributed by atoms with van der Waals surface area (Å²) in [6, 6.07) is -0.564. The number of urea groups is 1. The predicted molar refractivity (Wildman–Crippen MR) is 88.5 cm³/mol. The number of rotatable bonds is 4. The lowest BCUT2D eigenvalue weighted by atomic mass is 10.1. The van der Waals surface area contributed by atoms with E-state index in [-0.39, 0.29) is 17.2 Å². The Hall–Kier alpha value is -2.85. The molecule has 0 bridgehead atoms. The summed E-state index contributed by atoms with van der Waals surface area (Å²) < 4.78 is 41.0. The number of halogens is 3. The van der Waals surface area contributed by atoms with Gasteiger partial charge in [0.15, 0.2) is 5.65 Å². The molecule has 2 aromatic rings. The second-order valence-corrected chi connectivity index (χ2v) is 6.76. The van der Waals surface area contributed by atoms with Gasteiger partial charge in [-0.25, -0.2) is 14.3 Å². The second kappa shape index (κ2) is 6.10. The highest BCUT2D eigenvalue weighted by atomic mass is 19.4. The molecule has 2 fully saturated rings. The normalized spacial score (nSPS) is 18.7. The van der Waals surface area contributed by atoms with Crippen LogP contribution in [-0.2, 0) is 0 Å². The van der Waals surface area contributed by atoms with Crippen molar-refractivity contribution in [3.8, 4) is 0 Å². The van der Waals surface area contributed by atoms with Crippen LogP contribution in [0.2, 0.25) is 0 Å². The van der Waals surface area contributed by atoms with Crippen LogP contribution in [0.3, 0.4) is 0 Å². The van der Waals surface area contributed by atoms with Crippen molar-refractivity contribution in [3.05, 3.63) is 23.5 Å². The first-order valence-electron chi connectivity index (χ1n) is 8.54. The fraction of sp³-hybridized carbons (Fsp3) is 0.500. The van der Waals surface area contributed by atoms with Crippen LogP contribution in [0.15, 0.2) is 12.3 Å². The topological polar surface area (TPSA) is 91.6 Å². The van der Waals surface area contributed by atoms with Crippen molar-refractivity contribution >= 4 is 23.4 Å². The number of hydrogen-bond acceptors (Lipinski definition) is 4. The molecule has 3 heterocycles. The van der Waals surface area contributed by atoms with E-state index in [1.165, 1.54) is 15.6 Å². The van der Waals surface area contributed by atoms with E-state index in [1.807, 2.05) is 0 Å². The first-order valence-corrected chi connectivity index (χ1v) is 8.54. The number of nitrogens with one attached hydrogen (secondary N) is 2. The Morgan fingerprint density at radius 1 is 1.41 bits per heavy atom. The second-order valence-electron chi connectivity index (χ2n) is 6.76. The van der Waals surface area contributed by atoms with Gasteiger partial charge >= 0.3 is 12.2 Å². The van der Waals surface area contributed by atoms with Crippen LogP contribution in [0.4, 0.5) is 23.8 Å². The Bertz CT molecular complexity index is 921. The molecule has 4 rings (SSSR count). The molecule has 1 atom stereocenters. The van der Waals surface area contributed by atoms with Crippen molar-refractivity contribution in [2.75, 3.05) is 18.0 Å². The van der Waals surface area contributed by atoms with Gasteiger partial charge in [-0.05, 0) is 25.7 Å². The van der Waals surface area contributed by atoms with Gasteiger partial charge in [-0.15, -0.1) is 0 Å². The van der Waals surface area contributed by atoms with Gasteiger partial charge in [0.2, 0.25) is 0 Å². The van der Waals surface area contributed by atoms with E-state index in [0.29, 0.717) is 37.4 Å². The van der Waals surface area contributed by atoms with Gasteiger partial charge < -0.3 is 10.6 Å². The molecule has 11 heteroatoms. The van der Waals surface area contributed by atoms with Gasteiger partial charge in [-0.1, -0.05) is 0 Å². The van der Waals surface area contributed by atoms with Crippen molar-refractivity contribution in [2.45, 2.75) is 32.0 Å². The standard InChI is InChI=1S/C16H17F3N6O2/c1-8-6-11(24-5-4-20-15(24)27)22-13-10(7-21-25(8)13)14(26)23-12(9-2-3-9)16(17,18)19/h6-7,9,12H,2-5H2,1H3,(H,20,27)(H,23,26). The van der Waals surface area contributed by atoms with Crippen LogP contribution < -0.4 is 15.5 Å². The Balaban J connectivity index is 1.68. The molecule has 0 spiro atoms. The molecule has 1 saturated carbocycles. The number of hydrogen-bond donors (Lipinski definition) is 2. The fourth-order valence-corrected chi connectivity index (χ4v) is 3.20. The first kappa shape index (κ1) is 17.6. The summed E-state index contributed by atoms with van der Waals surface area (Å²) in [6.07, 6.45) is -2.45. The molecule has 3 amide bonds. The number of alkyl halides is 3. The lowest BCUT2D eigenvalue weighted by Gasteiger charge is -2.21. The summed E-state index contributed by atoms with van der Waals surface area (Å²) in [4.78, 5) is 30.1. The van der Waals surface area contributed by atoms with E-state index in [1.54, 1.807) is 13.0 Å². The fourth-order valence-electron chi connectivity index (χ4n) is 3.20. The quantitative estimate of drug-likeness (QED) is 0.841. The molecule has 0 radical (unpaired) electrons. The van der Waals surface area contributed by atoms with Crippen molar-refractivity contribution in [2.24, 2.45) is 5.92 Å². The number of fused-ring (bicyclic) bond motifs is 1. The minimum absolute atomic E-state index is 0.0607. The number of nitrogens with zero attached hydrogens (tertiary/aromatic N) is 4. The summed E-state index contributed by atoms with van der Waals surface area (Å²) in [6.45, 7) is 2.59. The molecule has 27 heavy (non-hydrogen) atoms. The van der Waals surface area contributed by atoms with E-state index in [9.17, 15) is 22.8 Å². The monoisotopic (exact) mass is 382 g/mol. The zero-order chi connectivity index (χ0) is 19.3. The highest BCUT2D eigenvalue weighted by Crippen LogP contribution is 2.40. The van der Waals surface area contributed by atoms with Gasteiger partial charge in [0, 0.05) is 24.8 Å². The van der Waals surface area contributed by atoms with Crippen molar-refractivity contribution in [1.82, 2.24) is 25.2 Å². The highest BCUT2D eigenvalue weighted by molar-refractivity contribution is 6.00. The smallest absolute Gasteiger partial charge is 0.340 e. The molecule has 144 valence electrons. The SMILES string of the molecule is Cc1cc(N2CCNC2=O)nc2c(C(=O)NC(C3CC3)C(F)(F)F)cnn12. The van der Waals surface area contributed by atoms with E-state index >= 15 is 0 Å². The van der Waals surface area contributed by atoms with Gasteiger partial charge in [-0.2, -0.15) is 18.3 Å².